The molecule has 9 nitrogen and oxygen atoms in total. The Kier molecular flexibility index (Phi) is 4.80. The number of aromatic nitrogens is 3. The highest BCUT2D eigenvalue weighted by molar-refractivity contribution is 5.57. The third-order valence-electron chi connectivity index (χ3n) is 3.92. The summed E-state index contributed by atoms with van der Waals surface area (Å²) >= 11 is 0. The summed E-state index contributed by atoms with van der Waals surface area (Å²) in [4.78, 5) is 24.6. The van der Waals surface area contributed by atoms with E-state index in [9.17, 15) is 10.1 Å². The van der Waals surface area contributed by atoms with Crippen molar-refractivity contribution in [3.63, 3.8) is 0 Å². The molecule has 0 radical (unpaired) electrons. The van der Waals surface area contributed by atoms with Crippen molar-refractivity contribution in [2.24, 2.45) is 0 Å². The molecule has 3 heterocycles. The van der Waals surface area contributed by atoms with E-state index in [4.69, 9.17) is 10.5 Å². The van der Waals surface area contributed by atoms with Crippen LogP contribution in [0.15, 0.2) is 30.7 Å². The summed E-state index contributed by atoms with van der Waals surface area (Å²) in [6.07, 6.45) is 4.34. The minimum atomic E-state index is -0.610. The minimum absolute atomic E-state index is 0.0596. The van der Waals surface area contributed by atoms with Gasteiger partial charge in [0.05, 0.1) is 10.6 Å². The molecule has 0 aromatic carbocycles. The summed E-state index contributed by atoms with van der Waals surface area (Å²) in [6.45, 7) is 2.44. The first-order valence-electron chi connectivity index (χ1n) is 7.67. The molecule has 9 heteroatoms. The molecule has 0 amide bonds. The van der Waals surface area contributed by atoms with Gasteiger partial charge in [0, 0.05) is 25.8 Å². The van der Waals surface area contributed by atoms with Gasteiger partial charge >= 0.3 is 5.69 Å². The van der Waals surface area contributed by atoms with Crippen LogP contribution in [-0.2, 0) is 6.54 Å². The van der Waals surface area contributed by atoms with Crippen molar-refractivity contribution >= 4 is 11.5 Å². The fraction of sp³-hybridized carbons (Fsp3) is 0.400. The van der Waals surface area contributed by atoms with Gasteiger partial charge < -0.3 is 10.5 Å². The lowest BCUT2D eigenvalue weighted by Crippen LogP contribution is -2.38. The number of nitro groups is 1. The molecular formula is C15H18N6O3. The molecule has 3 rings (SSSR count). The Labute approximate surface area is 138 Å². The normalized spacial score (nSPS) is 16.0. The first-order chi connectivity index (χ1) is 11.6. The predicted octanol–water partition coefficient (Wildman–Crippen LogP) is 1.41. The Morgan fingerprint density at radius 1 is 1.29 bits per heavy atom. The van der Waals surface area contributed by atoms with Gasteiger partial charge in [0.1, 0.15) is 12.4 Å². The van der Waals surface area contributed by atoms with Crippen LogP contribution in [0.3, 0.4) is 0 Å². The van der Waals surface area contributed by atoms with Crippen LogP contribution in [0.2, 0.25) is 0 Å². The molecule has 0 atom stereocenters. The van der Waals surface area contributed by atoms with Crippen LogP contribution >= 0.6 is 0 Å². The fourth-order valence-corrected chi connectivity index (χ4v) is 2.70. The zero-order valence-electron chi connectivity index (χ0n) is 13.0. The van der Waals surface area contributed by atoms with Gasteiger partial charge in [-0.3, -0.25) is 20.0 Å². The van der Waals surface area contributed by atoms with Crippen LogP contribution in [0.1, 0.15) is 18.5 Å². The van der Waals surface area contributed by atoms with E-state index in [1.807, 2.05) is 18.2 Å². The first kappa shape index (κ1) is 16.1. The molecule has 2 aromatic heterocycles. The van der Waals surface area contributed by atoms with Crippen LogP contribution in [0.25, 0.3) is 0 Å². The smallest absolute Gasteiger partial charge is 0.372 e. The Balaban J connectivity index is 1.58. The van der Waals surface area contributed by atoms with Gasteiger partial charge in [0.15, 0.2) is 0 Å². The molecule has 1 aliphatic heterocycles. The number of hydrogen-bond donors (Lipinski definition) is 1. The summed E-state index contributed by atoms with van der Waals surface area (Å²) in [6, 6.07) is 5.86. The second kappa shape index (κ2) is 7.18. The highest BCUT2D eigenvalue weighted by Gasteiger charge is 2.27. The molecule has 1 aliphatic rings. The third kappa shape index (κ3) is 3.74. The molecule has 1 fully saturated rings. The van der Waals surface area contributed by atoms with Gasteiger partial charge in [-0.25, -0.2) is 4.98 Å². The lowest BCUT2D eigenvalue weighted by atomic mass is 10.1. The number of nitrogens with zero attached hydrogens (tertiary/aromatic N) is 5. The summed E-state index contributed by atoms with van der Waals surface area (Å²) < 4.78 is 5.71. The van der Waals surface area contributed by atoms with E-state index < -0.39 is 4.92 Å². The molecule has 126 valence electrons. The molecule has 0 unspecified atom stereocenters. The highest BCUT2D eigenvalue weighted by atomic mass is 16.6. The van der Waals surface area contributed by atoms with Crippen molar-refractivity contribution in [2.45, 2.75) is 25.5 Å². The van der Waals surface area contributed by atoms with E-state index in [0.717, 1.165) is 38.2 Å². The number of pyridine rings is 1. The minimum Gasteiger partial charge on any atom is -0.469 e. The Morgan fingerprint density at radius 2 is 2.08 bits per heavy atom. The van der Waals surface area contributed by atoms with Crippen LogP contribution in [0.5, 0.6) is 5.88 Å². The zero-order valence-corrected chi connectivity index (χ0v) is 13.0. The molecule has 2 aromatic rings. The number of likely N-dealkylation sites (tertiary alicyclic amines) is 1. The van der Waals surface area contributed by atoms with Crippen LogP contribution in [0, 0.1) is 10.1 Å². The molecule has 1 saturated heterocycles. The predicted molar refractivity (Wildman–Crippen MR) is 86.3 cm³/mol. The van der Waals surface area contributed by atoms with Gasteiger partial charge in [-0.05, 0) is 25.0 Å². The Hall–Kier alpha value is -2.81. The third-order valence-corrected chi connectivity index (χ3v) is 3.92. The highest BCUT2D eigenvalue weighted by Crippen LogP contribution is 2.30. The Bertz CT molecular complexity index is 704. The van der Waals surface area contributed by atoms with E-state index in [1.165, 1.54) is 6.33 Å². The number of ether oxygens (including phenoxy) is 1. The summed E-state index contributed by atoms with van der Waals surface area (Å²) in [5.41, 5.74) is 6.20. The van der Waals surface area contributed by atoms with E-state index in [-0.39, 0.29) is 23.5 Å². The zero-order chi connectivity index (χ0) is 16.9. The van der Waals surface area contributed by atoms with Gasteiger partial charge in [-0.2, -0.15) is 4.98 Å². The fourth-order valence-electron chi connectivity index (χ4n) is 2.70. The van der Waals surface area contributed by atoms with Crippen LogP contribution < -0.4 is 10.5 Å². The molecule has 0 bridgehead atoms. The van der Waals surface area contributed by atoms with Crippen LogP contribution in [0.4, 0.5) is 11.5 Å². The van der Waals surface area contributed by atoms with Crippen molar-refractivity contribution < 1.29 is 9.66 Å². The van der Waals surface area contributed by atoms with E-state index in [2.05, 4.69) is 19.9 Å². The monoisotopic (exact) mass is 330 g/mol. The second-order valence-electron chi connectivity index (χ2n) is 5.58. The molecule has 0 spiro atoms. The van der Waals surface area contributed by atoms with Crippen molar-refractivity contribution in [2.75, 3.05) is 18.8 Å². The van der Waals surface area contributed by atoms with Gasteiger partial charge in [-0.1, -0.05) is 6.07 Å². The van der Waals surface area contributed by atoms with Crippen molar-refractivity contribution in [1.29, 1.82) is 0 Å². The van der Waals surface area contributed by atoms with Crippen molar-refractivity contribution in [3.8, 4) is 5.88 Å². The molecular weight excluding hydrogens is 312 g/mol. The Morgan fingerprint density at radius 3 is 2.75 bits per heavy atom. The summed E-state index contributed by atoms with van der Waals surface area (Å²) in [7, 11) is 0. The largest absolute Gasteiger partial charge is 0.469 e. The average molecular weight is 330 g/mol. The summed E-state index contributed by atoms with van der Waals surface area (Å²) in [5.74, 6) is -0.242. The molecule has 0 saturated carbocycles. The van der Waals surface area contributed by atoms with E-state index in [0.29, 0.717) is 0 Å². The maximum Gasteiger partial charge on any atom is 0.372 e. The molecule has 24 heavy (non-hydrogen) atoms. The van der Waals surface area contributed by atoms with Gasteiger partial charge in [0.25, 0.3) is 5.88 Å². The van der Waals surface area contributed by atoms with E-state index >= 15 is 0 Å². The second-order valence-corrected chi connectivity index (χ2v) is 5.58. The van der Waals surface area contributed by atoms with Crippen molar-refractivity contribution in [3.05, 3.63) is 46.5 Å². The van der Waals surface area contributed by atoms with Crippen molar-refractivity contribution in [1.82, 2.24) is 19.9 Å². The van der Waals surface area contributed by atoms with Crippen LogP contribution in [-0.4, -0.2) is 44.0 Å². The number of nitrogens with two attached hydrogens (primary N) is 1. The number of hydrogen-bond acceptors (Lipinski definition) is 8. The lowest BCUT2D eigenvalue weighted by molar-refractivity contribution is -0.385. The summed E-state index contributed by atoms with van der Waals surface area (Å²) in [5, 5.41) is 11.1. The van der Waals surface area contributed by atoms with Gasteiger partial charge in [0.2, 0.25) is 5.82 Å². The van der Waals surface area contributed by atoms with Gasteiger partial charge in [-0.15, -0.1) is 0 Å². The lowest BCUT2D eigenvalue weighted by Gasteiger charge is -2.31. The standard InChI is InChI=1S/C15H18N6O3/c16-14-13(21(22)23)15(19-10-18-14)24-12-4-7-20(8-5-12)9-11-3-1-2-6-17-11/h1-3,6,10,12H,4-5,7-9H2,(H2,16,18,19). The number of nitrogen functional groups attached to an aromatic ring is 1. The maximum absolute atomic E-state index is 11.1. The van der Waals surface area contributed by atoms with E-state index in [1.54, 1.807) is 6.20 Å². The quantitative estimate of drug-likeness (QED) is 0.645. The number of piperidine rings is 1. The number of anilines is 1. The molecule has 0 aliphatic carbocycles. The maximum atomic E-state index is 11.1. The average Bonchev–Trinajstić information content (AvgIpc) is 2.57. The topological polar surface area (TPSA) is 120 Å². The number of rotatable bonds is 5. The SMILES string of the molecule is Nc1ncnc(OC2CCN(Cc3ccccn3)CC2)c1[N+](=O)[O-]. The first-order valence-corrected chi connectivity index (χ1v) is 7.67. The molecule has 2 N–H and O–H groups in total.